The Labute approximate surface area is 177 Å². The first-order chi connectivity index (χ1) is 14.6. The Morgan fingerprint density at radius 2 is 1.43 bits per heavy atom. The second-order valence-corrected chi connectivity index (χ2v) is 6.98. The van der Waals surface area contributed by atoms with Crippen LogP contribution in [0.2, 0.25) is 0 Å². The van der Waals surface area contributed by atoms with Gasteiger partial charge >= 0.3 is 0 Å². The number of amides is 2. The van der Waals surface area contributed by atoms with Gasteiger partial charge in [-0.05, 0) is 29.8 Å². The number of para-hydroxylation sites is 1. The molecule has 0 fully saturated rings. The molecular weight excluding hydrogens is 376 g/mol. The van der Waals surface area contributed by atoms with Gasteiger partial charge in [0.05, 0.1) is 19.0 Å². The van der Waals surface area contributed by atoms with Crippen molar-refractivity contribution in [2.45, 2.75) is 12.5 Å². The highest BCUT2D eigenvalue weighted by molar-refractivity contribution is 5.94. The smallest absolute Gasteiger partial charge is 0.251 e. The number of hydrogen-bond donors (Lipinski definition) is 1. The van der Waals surface area contributed by atoms with Crippen LogP contribution in [0.15, 0.2) is 91.0 Å². The maximum absolute atomic E-state index is 12.8. The summed E-state index contributed by atoms with van der Waals surface area (Å²) in [4.78, 5) is 27.1. The van der Waals surface area contributed by atoms with Gasteiger partial charge in [0.2, 0.25) is 5.91 Å². The highest BCUT2D eigenvalue weighted by Crippen LogP contribution is 2.19. The lowest BCUT2D eigenvalue weighted by molar-refractivity contribution is -0.130. The van der Waals surface area contributed by atoms with Gasteiger partial charge in [0, 0.05) is 12.6 Å². The van der Waals surface area contributed by atoms with Crippen LogP contribution in [-0.4, -0.2) is 36.9 Å². The predicted octanol–water partition coefficient (Wildman–Crippen LogP) is 4.09. The summed E-state index contributed by atoms with van der Waals surface area (Å²) < 4.78 is 5.68. The van der Waals surface area contributed by atoms with Gasteiger partial charge in [-0.25, -0.2) is 0 Å². The van der Waals surface area contributed by atoms with Gasteiger partial charge in [-0.2, -0.15) is 0 Å². The van der Waals surface area contributed by atoms with E-state index in [0.29, 0.717) is 18.7 Å². The molecular formula is C25H26N2O3. The fourth-order valence-electron chi connectivity index (χ4n) is 3.04. The average molecular weight is 402 g/mol. The van der Waals surface area contributed by atoms with Gasteiger partial charge < -0.3 is 15.0 Å². The number of nitrogens with zero attached hydrogens (tertiary/aromatic N) is 1. The Morgan fingerprint density at radius 1 is 0.867 bits per heavy atom. The van der Waals surface area contributed by atoms with E-state index in [1.165, 1.54) is 0 Å². The molecule has 0 saturated carbocycles. The van der Waals surface area contributed by atoms with E-state index in [2.05, 4.69) is 5.32 Å². The Bertz CT molecular complexity index is 930. The highest BCUT2D eigenvalue weighted by Gasteiger charge is 2.21. The van der Waals surface area contributed by atoms with E-state index in [9.17, 15) is 9.59 Å². The summed E-state index contributed by atoms with van der Waals surface area (Å²) in [6, 6.07) is 27.7. The third-order valence-corrected chi connectivity index (χ3v) is 4.79. The molecule has 0 saturated heterocycles. The summed E-state index contributed by atoms with van der Waals surface area (Å²) >= 11 is 0. The zero-order chi connectivity index (χ0) is 21.2. The number of ether oxygens (including phenoxy) is 1. The molecule has 154 valence electrons. The highest BCUT2D eigenvalue weighted by atomic mass is 16.5. The predicted molar refractivity (Wildman–Crippen MR) is 117 cm³/mol. The van der Waals surface area contributed by atoms with Crippen molar-refractivity contribution in [1.29, 1.82) is 0 Å². The van der Waals surface area contributed by atoms with Gasteiger partial charge in [-0.15, -0.1) is 0 Å². The Kier molecular flexibility index (Phi) is 7.61. The molecule has 1 N–H and O–H groups in total. The van der Waals surface area contributed by atoms with Crippen LogP contribution in [0.3, 0.4) is 0 Å². The molecule has 0 spiro atoms. The zero-order valence-corrected chi connectivity index (χ0v) is 17.0. The minimum absolute atomic E-state index is 0.0612. The fraction of sp³-hybridized carbons (Fsp3) is 0.200. The zero-order valence-electron chi connectivity index (χ0n) is 17.0. The molecule has 3 aromatic rings. The normalized spacial score (nSPS) is 11.4. The lowest BCUT2D eigenvalue weighted by Gasteiger charge is -2.23. The standard InChI is InChI=1S/C25H26N2O3/c1-27(17-18-30-22-15-9-4-10-16-22)24(28)19-23(20-11-5-2-6-12-20)26-25(29)21-13-7-3-8-14-21/h2-16,23H,17-19H2,1H3,(H,26,29). The van der Waals surface area contributed by atoms with Gasteiger partial charge in [0.25, 0.3) is 5.91 Å². The second kappa shape index (κ2) is 10.8. The quantitative estimate of drug-likeness (QED) is 0.587. The molecule has 2 amide bonds. The fourth-order valence-corrected chi connectivity index (χ4v) is 3.04. The van der Waals surface area contributed by atoms with Gasteiger partial charge in [0.15, 0.2) is 0 Å². The Balaban J connectivity index is 1.60. The summed E-state index contributed by atoms with van der Waals surface area (Å²) in [7, 11) is 1.75. The molecule has 5 nitrogen and oxygen atoms in total. The van der Waals surface area contributed by atoms with Crippen molar-refractivity contribution in [2.75, 3.05) is 20.2 Å². The molecule has 3 aromatic carbocycles. The third kappa shape index (κ3) is 6.21. The second-order valence-electron chi connectivity index (χ2n) is 6.98. The van der Waals surface area contributed by atoms with Gasteiger partial charge in [0.1, 0.15) is 12.4 Å². The molecule has 0 aromatic heterocycles. The molecule has 1 unspecified atom stereocenters. The first-order valence-corrected chi connectivity index (χ1v) is 9.96. The monoisotopic (exact) mass is 402 g/mol. The molecule has 5 heteroatoms. The number of likely N-dealkylation sites (N-methyl/N-ethyl adjacent to an activating group) is 1. The van der Waals surface area contributed by atoms with E-state index < -0.39 is 6.04 Å². The van der Waals surface area contributed by atoms with Crippen LogP contribution in [0.25, 0.3) is 0 Å². The van der Waals surface area contributed by atoms with Crippen molar-refractivity contribution in [1.82, 2.24) is 10.2 Å². The minimum Gasteiger partial charge on any atom is -0.492 e. The van der Waals surface area contributed by atoms with Crippen LogP contribution in [0.1, 0.15) is 28.4 Å². The van der Waals surface area contributed by atoms with Crippen molar-refractivity contribution >= 4 is 11.8 Å². The first kappa shape index (κ1) is 21.1. The number of carbonyl (C=O) groups excluding carboxylic acids is 2. The van der Waals surface area contributed by atoms with E-state index in [1.54, 1.807) is 24.1 Å². The Morgan fingerprint density at radius 3 is 2.07 bits per heavy atom. The van der Waals surface area contributed by atoms with Gasteiger partial charge in [-0.3, -0.25) is 9.59 Å². The maximum Gasteiger partial charge on any atom is 0.251 e. The molecule has 0 heterocycles. The van der Waals surface area contributed by atoms with Crippen LogP contribution in [-0.2, 0) is 4.79 Å². The van der Waals surface area contributed by atoms with Crippen LogP contribution >= 0.6 is 0 Å². The van der Waals surface area contributed by atoms with Crippen LogP contribution in [0.5, 0.6) is 5.75 Å². The van der Waals surface area contributed by atoms with Crippen LogP contribution in [0, 0.1) is 0 Å². The lowest BCUT2D eigenvalue weighted by atomic mass is 10.0. The number of benzene rings is 3. The van der Waals surface area contributed by atoms with E-state index in [-0.39, 0.29) is 18.2 Å². The maximum atomic E-state index is 12.8. The molecule has 3 rings (SSSR count). The topological polar surface area (TPSA) is 58.6 Å². The molecule has 0 aliphatic carbocycles. The summed E-state index contributed by atoms with van der Waals surface area (Å²) in [5.74, 6) is 0.511. The largest absolute Gasteiger partial charge is 0.492 e. The number of rotatable bonds is 9. The van der Waals surface area contributed by atoms with Crippen molar-refractivity contribution in [3.05, 3.63) is 102 Å². The molecule has 0 bridgehead atoms. The summed E-state index contributed by atoms with van der Waals surface area (Å²) in [5, 5.41) is 3.00. The van der Waals surface area contributed by atoms with E-state index in [4.69, 9.17) is 4.74 Å². The summed E-state index contributed by atoms with van der Waals surface area (Å²) in [6.07, 6.45) is 0.171. The van der Waals surface area contributed by atoms with E-state index >= 15 is 0 Å². The number of hydrogen-bond acceptors (Lipinski definition) is 3. The number of carbonyl (C=O) groups is 2. The third-order valence-electron chi connectivity index (χ3n) is 4.79. The minimum atomic E-state index is -0.413. The summed E-state index contributed by atoms with van der Waals surface area (Å²) in [5.41, 5.74) is 1.46. The van der Waals surface area contributed by atoms with Crippen LogP contribution in [0.4, 0.5) is 0 Å². The average Bonchev–Trinajstić information content (AvgIpc) is 2.80. The molecule has 30 heavy (non-hydrogen) atoms. The van der Waals surface area contributed by atoms with Crippen molar-refractivity contribution in [3.8, 4) is 5.75 Å². The molecule has 1 atom stereocenters. The SMILES string of the molecule is CN(CCOc1ccccc1)C(=O)CC(NC(=O)c1ccccc1)c1ccccc1. The first-order valence-electron chi connectivity index (χ1n) is 9.96. The Hall–Kier alpha value is -3.60. The van der Waals surface area contributed by atoms with Crippen molar-refractivity contribution in [2.24, 2.45) is 0 Å². The number of nitrogens with one attached hydrogen (secondary N) is 1. The van der Waals surface area contributed by atoms with E-state index in [0.717, 1.165) is 11.3 Å². The van der Waals surface area contributed by atoms with Crippen molar-refractivity contribution < 1.29 is 14.3 Å². The molecule has 0 aliphatic heterocycles. The lowest BCUT2D eigenvalue weighted by Crippen LogP contribution is -2.36. The van der Waals surface area contributed by atoms with E-state index in [1.807, 2.05) is 78.9 Å². The van der Waals surface area contributed by atoms with Crippen LogP contribution < -0.4 is 10.1 Å². The molecule has 0 aliphatic rings. The summed E-state index contributed by atoms with van der Waals surface area (Å²) in [6.45, 7) is 0.862. The van der Waals surface area contributed by atoms with Gasteiger partial charge in [-0.1, -0.05) is 66.7 Å². The molecule has 0 radical (unpaired) electrons. The van der Waals surface area contributed by atoms with Crippen molar-refractivity contribution in [3.63, 3.8) is 0 Å².